The Kier molecular flexibility index (Phi) is 8.11. The van der Waals surface area contributed by atoms with Gasteiger partial charge in [0.15, 0.2) is 11.5 Å². The molecule has 0 heterocycles. The van der Waals surface area contributed by atoms with E-state index >= 15 is 0 Å². The summed E-state index contributed by atoms with van der Waals surface area (Å²) in [4.78, 5) is 0. The molecular formula is C15H24ClNO3. The van der Waals surface area contributed by atoms with E-state index in [1.807, 2.05) is 26.0 Å². The molecular weight excluding hydrogens is 278 g/mol. The second kappa shape index (κ2) is 8.72. The molecule has 0 amide bonds. The molecule has 1 aromatic rings. The van der Waals surface area contributed by atoms with Crippen LogP contribution in [0.4, 0.5) is 0 Å². The third-order valence-corrected chi connectivity index (χ3v) is 2.71. The predicted octanol–water partition coefficient (Wildman–Crippen LogP) is 2.97. The first-order valence-electron chi connectivity index (χ1n) is 6.31. The monoisotopic (exact) mass is 301 g/mol. The van der Waals surface area contributed by atoms with Crippen LogP contribution in [0.3, 0.4) is 0 Å². The maximum Gasteiger partial charge on any atom is 0.204 e. The third-order valence-electron chi connectivity index (χ3n) is 2.71. The molecule has 0 spiro atoms. The highest BCUT2D eigenvalue weighted by Crippen LogP contribution is 2.39. The molecule has 2 unspecified atom stereocenters. The van der Waals surface area contributed by atoms with Gasteiger partial charge in [-0.3, -0.25) is 0 Å². The summed E-state index contributed by atoms with van der Waals surface area (Å²) in [5.74, 6) is 1.87. The molecule has 4 nitrogen and oxygen atoms in total. The van der Waals surface area contributed by atoms with Gasteiger partial charge in [-0.05, 0) is 38.0 Å². The maximum atomic E-state index is 5.82. The average Bonchev–Trinajstić information content (AvgIpc) is 2.38. The molecule has 0 aromatic heterocycles. The van der Waals surface area contributed by atoms with Crippen molar-refractivity contribution in [3.63, 3.8) is 0 Å². The van der Waals surface area contributed by atoms with E-state index in [0.717, 1.165) is 12.0 Å². The van der Waals surface area contributed by atoms with Crippen molar-refractivity contribution in [3.05, 3.63) is 30.4 Å². The minimum Gasteiger partial charge on any atom is -0.493 e. The number of ether oxygens (including phenoxy) is 3. The van der Waals surface area contributed by atoms with Crippen molar-refractivity contribution < 1.29 is 14.2 Å². The van der Waals surface area contributed by atoms with Crippen LogP contribution in [0.15, 0.2) is 24.8 Å². The molecule has 0 radical (unpaired) electrons. The first-order chi connectivity index (χ1) is 9.01. The van der Waals surface area contributed by atoms with Gasteiger partial charge < -0.3 is 19.9 Å². The van der Waals surface area contributed by atoms with Crippen LogP contribution in [-0.4, -0.2) is 26.4 Å². The fraction of sp³-hybridized carbons (Fsp3) is 0.467. The molecule has 1 aromatic carbocycles. The van der Waals surface area contributed by atoms with E-state index in [0.29, 0.717) is 17.2 Å². The highest BCUT2D eigenvalue weighted by atomic mass is 35.5. The lowest BCUT2D eigenvalue weighted by Crippen LogP contribution is -2.18. The Bertz CT molecular complexity index is 410. The van der Waals surface area contributed by atoms with Gasteiger partial charge in [-0.25, -0.2) is 0 Å². The van der Waals surface area contributed by atoms with Gasteiger partial charge in [0.05, 0.1) is 14.2 Å². The van der Waals surface area contributed by atoms with E-state index in [9.17, 15) is 0 Å². The predicted molar refractivity (Wildman–Crippen MR) is 84.4 cm³/mol. The lowest BCUT2D eigenvalue weighted by atomic mass is 10.1. The Labute approximate surface area is 127 Å². The number of hydrogen-bond donors (Lipinski definition) is 1. The standard InChI is InChI=1S/C15H23NO3.ClH/c1-6-11(3)19-15-13(17-4)8-12(7-10(2)16)9-14(15)18-5;/h6,8-11H,1,7,16H2,2-5H3;1H. The molecule has 0 fully saturated rings. The Balaban J connectivity index is 0.00000361. The van der Waals surface area contributed by atoms with Gasteiger partial charge in [0.2, 0.25) is 5.75 Å². The van der Waals surface area contributed by atoms with E-state index in [1.54, 1.807) is 20.3 Å². The first kappa shape index (κ1) is 18.6. The van der Waals surface area contributed by atoms with Gasteiger partial charge in [-0.2, -0.15) is 0 Å². The van der Waals surface area contributed by atoms with Crippen LogP contribution >= 0.6 is 12.4 Å². The molecule has 0 aliphatic rings. The van der Waals surface area contributed by atoms with E-state index in [-0.39, 0.29) is 24.6 Å². The molecule has 2 atom stereocenters. The lowest BCUT2D eigenvalue weighted by molar-refractivity contribution is 0.240. The zero-order valence-electron chi connectivity index (χ0n) is 12.5. The Morgan fingerprint density at radius 3 is 2.05 bits per heavy atom. The van der Waals surface area contributed by atoms with Crippen LogP contribution in [0, 0.1) is 0 Å². The number of halogens is 1. The highest BCUT2D eigenvalue weighted by Gasteiger charge is 2.16. The minimum atomic E-state index is -0.123. The van der Waals surface area contributed by atoms with Crippen molar-refractivity contribution >= 4 is 12.4 Å². The largest absolute Gasteiger partial charge is 0.493 e. The second-order valence-electron chi connectivity index (χ2n) is 4.57. The van der Waals surface area contributed by atoms with Crippen molar-refractivity contribution in [2.24, 2.45) is 5.73 Å². The summed E-state index contributed by atoms with van der Waals surface area (Å²) in [6, 6.07) is 3.93. The topological polar surface area (TPSA) is 53.7 Å². The van der Waals surface area contributed by atoms with Crippen molar-refractivity contribution in [1.82, 2.24) is 0 Å². The average molecular weight is 302 g/mol. The summed E-state index contributed by atoms with van der Waals surface area (Å²) in [6.07, 6.45) is 2.35. The van der Waals surface area contributed by atoms with Gasteiger partial charge in [-0.1, -0.05) is 12.7 Å². The molecule has 0 saturated heterocycles. The van der Waals surface area contributed by atoms with Crippen LogP contribution < -0.4 is 19.9 Å². The second-order valence-corrected chi connectivity index (χ2v) is 4.57. The molecule has 0 bridgehead atoms. The molecule has 0 aliphatic carbocycles. The molecule has 1 rings (SSSR count). The van der Waals surface area contributed by atoms with E-state index in [2.05, 4.69) is 6.58 Å². The molecule has 5 heteroatoms. The lowest BCUT2D eigenvalue weighted by Gasteiger charge is -2.18. The highest BCUT2D eigenvalue weighted by molar-refractivity contribution is 5.85. The number of benzene rings is 1. The number of methoxy groups -OCH3 is 2. The third kappa shape index (κ3) is 4.94. The zero-order chi connectivity index (χ0) is 14.4. The van der Waals surface area contributed by atoms with Crippen LogP contribution in [0.5, 0.6) is 17.2 Å². The van der Waals surface area contributed by atoms with E-state index in [1.165, 1.54) is 0 Å². The van der Waals surface area contributed by atoms with E-state index in [4.69, 9.17) is 19.9 Å². The Hall–Kier alpha value is -1.39. The van der Waals surface area contributed by atoms with Crippen molar-refractivity contribution in [2.75, 3.05) is 14.2 Å². The van der Waals surface area contributed by atoms with Crippen LogP contribution in [-0.2, 0) is 6.42 Å². The first-order valence-corrected chi connectivity index (χ1v) is 6.31. The molecule has 114 valence electrons. The number of nitrogens with two attached hydrogens (primary N) is 1. The zero-order valence-corrected chi connectivity index (χ0v) is 13.3. The number of rotatable bonds is 7. The summed E-state index contributed by atoms with van der Waals surface area (Å²) in [7, 11) is 3.21. The van der Waals surface area contributed by atoms with Crippen molar-refractivity contribution in [2.45, 2.75) is 32.4 Å². The fourth-order valence-electron chi connectivity index (χ4n) is 1.77. The van der Waals surface area contributed by atoms with Crippen molar-refractivity contribution in [1.29, 1.82) is 0 Å². The van der Waals surface area contributed by atoms with Gasteiger partial charge in [0.1, 0.15) is 6.10 Å². The van der Waals surface area contributed by atoms with Crippen LogP contribution in [0.1, 0.15) is 19.4 Å². The molecule has 0 saturated carbocycles. The SMILES string of the molecule is C=CC(C)Oc1c(OC)cc(CC(C)N)cc1OC.Cl. The number of hydrogen-bond acceptors (Lipinski definition) is 4. The smallest absolute Gasteiger partial charge is 0.204 e. The summed E-state index contributed by atoms with van der Waals surface area (Å²) in [5, 5.41) is 0. The quantitative estimate of drug-likeness (QED) is 0.787. The van der Waals surface area contributed by atoms with Crippen LogP contribution in [0.2, 0.25) is 0 Å². The van der Waals surface area contributed by atoms with Gasteiger partial charge in [0.25, 0.3) is 0 Å². The Morgan fingerprint density at radius 1 is 1.20 bits per heavy atom. The summed E-state index contributed by atoms with van der Waals surface area (Å²) in [5.41, 5.74) is 6.88. The summed E-state index contributed by atoms with van der Waals surface area (Å²) >= 11 is 0. The fourth-order valence-corrected chi connectivity index (χ4v) is 1.77. The van der Waals surface area contributed by atoms with Gasteiger partial charge >= 0.3 is 0 Å². The summed E-state index contributed by atoms with van der Waals surface area (Å²) in [6.45, 7) is 7.57. The normalized spacial score (nSPS) is 12.8. The van der Waals surface area contributed by atoms with Crippen LogP contribution in [0.25, 0.3) is 0 Å². The van der Waals surface area contributed by atoms with Crippen molar-refractivity contribution in [3.8, 4) is 17.2 Å². The van der Waals surface area contributed by atoms with Gasteiger partial charge in [-0.15, -0.1) is 12.4 Å². The van der Waals surface area contributed by atoms with E-state index < -0.39 is 0 Å². The molecule has 0 aliphatic heterocycles. The Morgan fingerprint density at radius 2 is 1.70 bits per heavy atom. The minimum absolute atomic E-state index is 0. The summed E-state index contributed by atoms with van der Waals surface area (Å²) < 4.78 is 16.5. The molecule has 20 heavy (non-hydrogen) atoms. The van der Waals surface area contributed by atoms with Gasteiger partial charge in [0, 0.05) is 6.04 Å². The molecule has 2 N–H and O–H groups in total. The maximum absolute atomic E-state index is 5.82.